The second-order valence-electron chi connectivity index (χ2n) is 7.72. The highest BCUT2D eigenvalue weighted by Crippen LogP contribution is 2.35. The molecule has 3 aliphatic rings. The maximum absolute atomic E-state index is 2.86. The predicted molar refractivity (Wildman–Crippen MR) is 80.5 cm³/mol. The van der Waals surface area contributed by atoms with E-state index >= 15 is 0 Å². The summed E-state index contributed by atoms with van der Waals surface area (Å²) < 4.78 is 0. The number of piperazine rings is 1. The second kappa shape index (κ2) is 5.01. The molecule has 3 aliphatic heterocycles. The molecule has 0 unspecified atom stereocenters. The summed E-state index contributed by atoms with van der Waals surface area (Å²) in [7, 11) is 0. The van der Waals surface area contributed by atoms with Crippen LogP contribution in [0.25, 0.3) is 0 Å². The fraction of sp³-hybridized carbons (Fsp3) is 1.00. The van der Waals surface area contributed by atoms with Crippen molar-refractivity contribution in [1.29, 1.82) is 0 Å². The van der Waals surface area contributed by atoms with E-state index in [0.717, 1.165) is 18.1 Å². The van der Waals surface area contributed by atoms with Crippen molar-refractivity contribution in [3.8, 4) is 0 Å². The average molecular weight is 265 g/mol. The highest BCUT2D eigenvalue weighted by atomic mass is 15.4. The molecule has 0 aliphatic carbocycles. The molecule has 0 saturated carbocycles. The Morgan fingerprint density at radius 2 is 1.63 bits per heavy atom. The zero-order valence-corrected chi connectivity index (χ0v) is 13.2. The van der Waals surface area contributed by atoms with E-state index in [2.05, 4.69) is 42.4 Å². The van der Waals surface area contributed by atoms with Gasteiger partial charge in [0, 0.05) is 49.8 Å². The minimum Gasteiger partial charge on any atom is -0.298 e. The molecule has 19 heavy (non-hydrogen) atoms. The summed E-state index contributed by atoms with van der Waals surface area (Å²) in [6.07, 6.45) is 4.20. The van der Waals surface area contributed by atoms with E-state index in [1.807, 2.05) is 0 Å². The van der Waals surface area contributed by atoms with Gasteiger partial charge < -0.3 is 0 Å². The van der Waals surface area contributed by atoms with Gasteiger partial charge >= 0.3 is 0 Å². The molecule has 0 spiro atoms. The number of hydrogen-bond donors (Lipinski definition) is 0. The number of nitrogens with zero attached hydrogens (tertiary/aromatic N) is 3. The highest BCUT2D eigenvalue weighted by molar-refractivity contribution is 5.02. The van der Waals surface area contributed by atoms with Crippen molar-refractivity contribution in [2.45, 2.75) is 70.6 Å². The third kappa shape index (κ3) is 2.57. The van der Waals surface area contributed by atoms with Crippen LogP contribution in [0.5, 0.6) is 0 Å². The first-order valence-corrected chi connectivity index (χ1v) is 8.24. The summed E-state index contributed by atoms with van der Waals surface area (Å²) in [6, 6.07) is 2.61. The van der Waals surface area contributed by atoms with Gasteiger partial charge in [0.05, 0.1) is 0 Å². The van der Waals surface area contributed by atoms with E-state index < -0.39 is 0 Å². The first-order chi connectivity index (χ1) is 8.99. The van der Waals surface area contributed by atoms with Crippen molar-refractivity contribution < 1.29 is 0 Å². The Morgan fingerprint density at radius 3 is 2.11 bits per heavy atom. The lowest BCUT2D eigenvalue weighted by atomic mass is 9.96. The summed E-state index contributed by atoms with van der Waals surface area (Å²) in [5, 5.41) is 0. The van der Waals surface area contributed by atoms with Crippen LogP contribution in [0.2, 0.25) is 0 Å². The Labute approximate surface area is 118 Å². The van der Waals surface area contributed by atoms with Crippen molar-refractivity contribution in [1.82, 2.24) is 14.7 Å². The molecule has 0 aromatic heterocycles. The van der Waals surface area contributed by atoms with E-state index in [4.69, 9.17) is 0 Å². The molecule has 0 amide bonds. The van der Waals surface area contributed by atoms with Crippen molar-refractivity contribution in [3.05, 3.63) is 0 Å². The number of hydrogen-bond acceptors (Lipinski definition) is 3. The van der Waals surface area contributed by atoms with E-state index in [0.29, 0.717) is 5.54 Å². The molecular weight excluding hydrogens is 234 g/mol. The molecule has 3 heterocycles. The predicted octanol–water partition coefficient (Wildman–Crippen LogP) is 2.03. The summed E-state index contributed by atoms with van der Waals surface area (Å²) in [4.78, 5) is 8.21. The van der Waals surface area contributed by atoms with Gasteiger partial charge in [0.15, 0.2) is 0 Å². The van der Waals surface area contributed by atoms with Crippen molar-refractivity contribution in [2.24, 2.45) is 0 Å². The topological polar surface area (TPSA) is 9.72 Å². The molecule has 3 nitrogen and oxygen atoms in total. The second-order valence-corrected chi connectivity index (χ2v) is 7.72. The number of likely N-dealkylation sites (tertiary alicyclic amines) is 3. The summed E-state index contributed by atoms with van der Waals surface area (Å²) in [5.74, 6) is 0. The Morgan fingerprint density at radius 1 is 0.947 bits per heavy atom. The lowest BCUT2D eigenvalue weighted by molar-refractivity contribution is 0.0303. The van der Waals surface area contributed by atoms with Gasteiger partial charge in [-0.15, -0.1) is 0 Å². The van der Waals surface area contributed by atoms with Crippen molar-refractivity contribution >= 4 is 0 Å². The van der Waals surface area contributed by atoms with Crippen LogP contribution in [0.1, 0.15) is 47.0 Å². The molecular formula is C16H31N3. The van der Waals surface area contributed by atoms with Gasteiger partial charge in [-0.3, -0.25) is 14.7 Å². The molecule has 110 valence electrons. The Hall–Kier alpha value is -0.120. The lowest BCUT2D eigenvalue weighted by Gasteiger charge is -2.45. The monoisotopic (exact) mass is 265 g/mol. The molecule has 0 aromatic rings. The summed E-state index contributed by atoms with van der Waals surface area (Å²) in [5.41, 5.74) is 0.355. The van der Waals surface area contributed by atoms with Crippen LogP contribution in [-0.2, 0) is 0 Å². The van der Waals surface area contributed by atoms with Crippen LogP contribution < -0.4 is 0 Å². The SMILES string of the molecule is CCN1C[C@@H]2C[C@H]1CN2C1CCN(C(C)(C)C)CC1. The van der Waals surface area contributed by atoms with Crippen molar-refractivity contribution in [2.75, 3.05) is 32.7 Å². The van der Waals surface area contributed by atoms with E-state index in [9.17, 15) is 0 Å². The van der Waals surface area contributed by atoms with Crippen LogP contribution in [-0.4, -0.2) is 71.1 Å². The first kappa shape index (κ1) is 13.8. The van der Waals surface area contributed by atoms with Gasteiger partial charge in [0.2, 0.25) is 0 Å². The van der Waals surface area contributed by atoms with Crippen LogP contribution in [0.4, 0.5) is 0 Å². The highest BCUT2D eigenvalue weighted by Gasteiger charge is 2.45. The van der Waals surface area contributed by atoms with Crippen LogP contribution >= 0.6 is 0 Å². The molecule has 3 rings (SSSR count). The number of likely N-dealkylation sites (N-methyl/N-ethyl adjacent to an activating group) is 1. The minimum atomic E-state index is 0.355. The molecule has 2 bridgehead atoms. The normalized spacial score (nSPS) is 35.4. The Bertz CT molecular complexity index is 314. The van der Waals surface area contributed by atoms with Gasteiger partial charge in [-0.2, -0.15) is 0 Å². The van der Waals surface area contributed by atoms with Gasteiger partial charge in [-0.25, -0.2) is 0 Å². The van der Waals surface area contributed by atoms with E-state index in [1.165, 1.54) is 52.0 Å². The van der Waals surface area contributed by atoms with Crippen molar-refractivity contribution in [3.63, 3.8) is 0 Å². The van der Waals surface area contributed by atoms with E-state index in [-0.39, 0.29) is 0 Å². The molecule has 0 aromatic carbocycles. The maximum Gasteiger partial charge on any atom is 0.0242 e. The molecule has 2 atom stereocenters. The molecule has 3 fully saturated rings. The summed E-state index contributed by atoms with van der Waals surface area (Å²) in [6.45, 7) is 15.9. The van der Waals surface area contributed by atoms with Crippen LogP contribution in [0.3, 0.4) is 0 Å². The molecule has 3 saturated heterocycles. The third-order valence-electron chi connectivity index (χ3n) is 5.68. The standard InChI is InChI=1S/C16H31N3/c1-5-17-11-15-10-14(17)12-19(15)13-6-8-18(9-7-13)16(2,3)4/h13-15H,5-12H2,1-4H3/t14-,15-/m0/s1. The Balaban J connectivity index is 1.54. The van der Waals surface area contributed by atoms with E-state index in [1.54, 1.807) is 0 Å². The van der Waals surface area contributed by atoms with Gasteiger partial charge in [-0.05, 0) is 46.6 Å². The number of rotatable bonds is 2. The zero-order valence-electron chi connectivity index (χ0n) is 13.2. The lowest BCUT2D eigenvalue weighted by Crippen LogP contribution is -2.55. The minimum absolute atomic E-state index is 0.355. The van der Waals surface area contributed by atoms with Crippen LogP contribution in [0, 0.1) is 0 Å². The van der Waals surface area contributed by atoms with Gasteiger partial charge in [-0.1, -0.05) is 6.92 Å². The largest absolute Gasteiger partial charge is 0.298 e. The number of piperidine rings is 1. The smallest absolute Gasteiger partial charge is 0.0242 e. The average Bonchev–Trinajstić information content (AvgIpc) is 2.97. The fourth-order valence-corrected chi connectivity index (χ4v) is 4.48. The molecule has 0 radical (unpaired) electrons. The van der Waals surface area contributed by atoms with Crippen LogP contribution in [0.15, 0.2) is 0 Å². The quantitative estimate of drug-likeness (QED) is 0.756. The molecule has 3 heteroatoms. The Kier molecular flexibility index (Phi) is 3.65. The third-order valence-corrected chi connectivity index (χ3v) is 5.68. The summed E-state index contributed by atoms with van der Waals surface area (Å²) >= 11 is 0. The number of fused-ring (bicyclic) bond motifs is 2. The van der Waals surface area contributed by atoms with Gasteiger partial charge in [0.25, 0.3) is 0 Å². The first-order valence-electron chi connectivity index (χ1n) is 8.24. The molecule has 0 N–H and O–H groups in total. The maximum atomic E-state index is 2.86. The fourth-order valence-electron chi connectivity index (χ4n) is 4.48. The zero-order chi connectivity index (χ0) is 13.6. The van der Waals surface area contributed by atoms with Gasteiger partial charge in [0.1, 0.15) is 0 Å².